The van der Waals surface area contributed by atoms with E-state index in [4.69, 9.17) is 21.4 Å². The molecule has 1 heterocycles. The third-order valence-corrected chi connectivity index (χ3v) is 4.47. The molecule has 0 aliphatic carbocycles. The zero-order valence-corrected chi connectivity index (χ0v) is 13.3. The number of aliphatic carboxylic acids is 1. The van der Waals surface area contributed by atoms with Crippen molar-refractivity contribution in [3.8, 4) is 5.75 Å². The van der Waals surface area contributed by atoms with Crippen LogP contribution in [-0.4, -0.2) is 18.2 Å². The van der Waals surface area contributed by atoms with E-state index in [1.807, 2.05) is 25.1 Å². The summed E-state index contributed by atoms with van der Waals surface area (Å²) in [6.07, 6.45) is 0.0635. The zero-order chi connectivity index (χ0) is 15.4. The first-order chi connectivity index (χ1) is 9.99. The van der Waals surface area contributed by atoms with Crippen LogP contribution in [0.3, 0.4) is 0 Å². The first-order valence-electron chi connectivity index (χ1n) is 6.37. The molecule has 0 fully saturated rings. The third-order valence-electron chi connectivity index (χ3n) is 2.98. The van der Waals surface area contributed by atoms with Gasteiger partial charge in [-0.1, -0.05) is 11.6 Å². The lowest BCUT2D eigenvalue weighted by Crippen LogP contribution is -2.00. The summed E-state index contributed by atoms with van der Waals surface area (Å²) < 4.78 is 5.31. The predicted molar refractivity (Wildman–Crippen MR) is 85.7 cm³/mol. The van der Waals surface area contributed by atoms with Crippen molar-refractivity contribution in [3.05, 3.63) is 44.6 Å². The Hall–Kier alpha value is -1.72. The lowest BCUT2D eigenvalue weighted by molar-refractivity contribution is -0.136. The monoisotopic (exact) mass is 325 g/mol. The van der Waals surface area contributed by atoms with E-state index in [2.05, 4.69) is 5.32 Å². The van der Waals surface area contributed by atoms with Gasteiger partial charge in [-0.2, -0.15) is 0 Å². The van der Waals surface area contributed by atoms with Crippen LogP contribution in [0.5, 0.6) is 5.75 Å². The second-order valence-electron chi connectivity index (χ2n) is 4.59. The summed E-state index contributed by atoms with van der Waals surface area (Å²) in [6, 6.07) is 7.50. The summed E-state index contributed by atoms with van der Waals surface area (Å²) in [6.45, 7) is 2.55. The Morgan fingerprint density at radius 1 is 1.38 bits per heavy atom. The standard InChI is InChI=1S/C15H16ClNO3S/c1-9-5-13(14(20-2)7-12(9)16)17-8-11-4-3-10(21-11)6-15(18)19/h3-5,7,17H,6,8H2,1-2H3,(H,18,19). The highest BCUT2D eigenvalue weighted by Gasteiger charge is 2.08. The van der Waals surface area contributed by atoms with Gasteiger partial charge in [0.05, 0.1) is 19.2 Å². The highest BCUT2D eigenvalue weighted by Crippen LogP contribution is 2.31. The number of benzene rings is 1. The summed E-state index contributed by atoms with van der Waals surface area (Å²) in [5.74, 6) is -0.126. The molecule has 112 valence electrons. The minimum absolute atomic E-state index is 0.0635. The van der Waals surface area contributed by atoms with E-state index in [1.54, 1.807) is 13.2 Å². The fraction of sp³-hybridized carbons (Fsp3) is 0.267. The summed E-state index contributed by atoms with van der Waals surface area (Å²) in [7, 11) is 1.60. The topological polar surface area (TPSA) is 58.6 Å². The maximum atomic E-state index is 10.7. The summed E-state index contributed by atoms with van der Waals surface area (Å²) in [5, 5.41) is 12.7. The SMILES string of the molecule is COc1cc(Cl)c(C)cc1NCc1ccc(CC(=O)O)s1. The van der Waals surface area contributed by atoms with Gasteiger partial charge in [0.1, 0.15) is 5.75 Å². The average Bonchev–Trinajstić information content (AvgIpc) is 2.86. The van der Waals surface area contributed by atoms with E-state index < -0.39 is 5.97 Å². The molecule has 0 aliphatic heterocycles. The van der Waals surface area contributed by atoms with E-state index in [1.165, 1.54) is 11.3 Å². The minimum Gasteiger partial charge on any atom is -0.495 e. The molecule has 1 aromatic carbocycles. The van der Waals surface area contributed by atoms with Gasteiger partial charge in [-0.15, -0.1) is 11.3 Å². The van der Waals surface area contributed by atoms with Crippen LogP contribution in [0.4, 0.5) is 5.69 Å². The molecular weight excluding hydrogens is 310 g/mol. The fourth-order valence-corrected chi connectivity index (χ4v) is 3.02. The normalized spacial score (nSPS) is 10.4. The van der Waals surface area contributed by atoms with E-state index in [9.17, 15) is 4.79 Å². The van der Waals surface area contributed by atoms with E-state index in [0.717, 1.165) is 21.0 Å². The molecule has 0 spiro atoms. The van der Waals surface area contributed by atoms with Gasteiger partial charge < -0.3 is 15.2 Å². The lowest BCUT2D eigenvalue weighted by Gasteiger charge is -2.12. The largest absolute Gasteiger partial charge is 0.495 e. The van der Waals surface area contributed by atoms with Gasteiger partial charge in [0.2, 0.25) is 0 Å². The highest BCUT2D eigenvalue weighted by atomic mass is 35.5. The van der Waals surface area contributed by atoms with Crippen molar-refractivity contribution in [1.82, 2.24) is 0 Å². The molecule has 2 aromatic rings. The Bertz CT molecular complexity index is 654. The summed E-state index contributed by atoms with van der Waals surface area (Å²) in [5.41, 5.74) is 1.84. The Morgan fingerprint density at radius 3 is 2.76 bits per heavy atom. The van der Waals surface area contributed by atoms with Crippen LogP contribution < -0.4 is 10.1 Å². The van der Waals surface area contributed by atoms with Crippen molar-refractivity contribution >= 4 is 34.6 Å². The number of carboxylic acids is 1. The molecule has 1 aromatic heterocycles. The Balaban J connectivity index is 2.07. The van der Waals surface area contributed by atoms with Gasteiger partial charge in [-0.05, 0) is 30.7 Å². The van der Waals surface area contributed by atoms with Crippen molar-refractivity contribution in [2.45, 2.75) is 19.9 Å². The van der Waals surface area contributed by atoms with Crippen molar-refractivity contribution in [3.63, 3.8) is 0 Å². The van der Waals surface area contributed by atoms with E-state index >= 15 is 0 Å². The number of anilines is 1. The fourth-order valence-electron chi connectivity index (χ4n) is 1.91. The number of hydrogen-bond acceptors (Lipinski definition) is 4. The number of hydrogen-bond donors (Lipinski definition) is 2. The molecule has 0 atom stereocenters. The minimum atomic E-state index is -0.814. The number of carboxylic acid groups (broad SMARTS) is 1. The van der Waals surface area contributed by atoms with Gasteiger partial charge in [-0.3, -0.25) is 4.79 Å². The second kappa shape index (κ2) is 6.83. The molecule has 0 aliphatic rings. The molecule has 4 nitrogen and oxygen atoms in total. The molecule has 2 rings (SSSR count). The molecule has 2 N–H and O–H groups in total. The van der Waals surface area contributed by atoms with Gasteiger partial charge in [0.15, 0.2) is 0 Å². The van der Waals surface area contributed by atoms with Gasteiger partial charge in [-0.25, -0.2) is 0 Å². The van der Waals surface area contributed by atoms with Crippen LogP contribution in [-0.2, 0) is 17.8 Å². The molecular formula is C15H16ClNO3S. The van der Waals surface area contributed by atoms with Crippen molar-refractivity contribution in [2.75, 3.05) is 12.4 Å². The van der Waals surface area contributed by atoms with Crippen LogP contribution in [0.25, 0.3) is 0 Å². The van der Waals surface area contributed by atoms with Crippen molar-refractivity contribution < 1.29 is 14.6 Å². The molecule has 0 amide bonds. The zero-order valence-electron chi connectivity index (χ0n) is 11.8. The Kier molecular flexibility index (Phi) is 5.09. The van der Waals surface area contributed by atoms with Crippen LogP contribution in [0, 0.1) is 6.92 Å². The maximum absolute atomic E-state index is 10.7. The molecule has 6 heteroatoms. The first-order valence-corrected chi connectivity index (χ1v) is 7.56. The highest BCUT2D eigenvalue weighted by molar-refractivity contribution is 7.12. The third kappa shape index (κ3) is 4.12. The number of thiophene rings is 1. The van der Waals surface area contributed by atoms with Crippen LogP contribution in [0.2, 0.25) is 5.02 Å². The average molecular weight is 326 g/mol. The quantitative estimate of drug-likeness (QED) is 0.844. The first kappa shape index (κ1) is 15.7. The van der Waals surface area contributed by atoms with Crippen LogP contribution in [0.15, 0.2) is 24.3 Å². The van der Waals surface area contributed by atoms with Crippen LogP contribution >= 0.6 is 22.9 Å². The Labute approximate surface area is 132 Å². The summed E-state index contributed by atoms with van der Waals surface area (Å²) >= 11 is 7.56. The molecule has 0 saturated carbocycles. The second-order valence-corrected chi connectivity index (χ2v) is 6.25. The lowest BCUT2D eigenvalue weighted by atomic mass is 10.2. The van der Waals surface area contributed by atoms with Gasteiger partial charge in [0.25, 0.3) is 0 Å². The number of rotatable bonds is 6. The predicted octanol–water partition coefficient (Wildman–Crippen LogP) is 3.96. The molecule has 21 heavy (non-hydrogen) atoms. The van der Waals surface area contributed by atoms with E-state index in [0.29, 0.717) is 17.3 Å². The molecule has 0 radical (unpaired) electrons. The number of nitrogens with one attached hydrogen (secondary N) is 1. The number of carbonyl (C=O) groups is 1. The Morgan fingerprint density at radius 2 is 2.10 bits per heavy atom. The number of aryl methyl sites for hydroxylation is 1. The van der Waals surface area contributed by atoms with E-state index in [-0.39, 0.29) is 6.42 Å². The summed E-state index contributed by atoms with van der Waals surface area (Å²) in [4.78, 5) is 12.6. The number of ether oxygens (including phenoxy) is 1. The van der Waals surface area contributed by atoms with Gasteiger partial charge >= 0.3 is 5.97 Å². The molecule has 0 bridgehead atoms. The van der Waals surface area contributed by atoms with Crippen molar-refractivity contribution in [1.29, 1.82) is 0 Å². The smallest absolute Gasteiger partial charge is 0.308 e. The van der Waals surface area contributed by atoms with Crippen LogP contribution in [0.1, 0.15) is 15.3 Å². The number of methoxy groups -OCH3 is 1. The maximum Gasteiger partial charge on any atom is 0.308 e. The number of halogens is 1. The molecule has 0 saturated heterocycles. The van der Waals surface area contributed by atoms with Gasteiger partial charge in [0, 0.05) is 27.4 Å². The molecule has 0 unspecified atom stereocenters. The van der Waals surface area contributed by atoms with Crippen molar-refractivity contribution in [2.24, 2.45) is 0 Å².